The number of ether oxygens (including phenoxy) is 1. The van der Waals surface area contributed by atoms with Crippen molar-refractivity contribution in [2.24, 2.45) is 0 Å². The Hall–Kier alpha value is -1.46. The highest BCUT2D eigenvalue weighted by Crippen LogP contribution is 2.22. The minimum absolute atomic E-state index is 0.168. The molecular formula is C10H12O5. The number of aliphatic hydroxyl groups is 2. The van der Waals surface area contributed by atoms with Gasteiger partial charge in [-0.15, -0.1) is 0 Å². The van der Waals surface area contributed by atoms with Crippen molar-refractivity contribution in [2.75, 3.05) is 7.11 Å². The van der Waals surface area contributed by atoms with E-state index in [-0.39, 0.29) is 12.2 Å². The van der Waals surface area contributed by atoms with Crippen LogP contribution >= 0.6 is 0 Å². The summed E-state index contributed by atoms with van der Waals surface area (Å²) in [4.78, 5) is 21.7. The molecule has 0 saturated heterocycles. The van der Waals surface area contributed by atoms with Crippen molar-refractivity contribution in [1.82, 2.24) is 0 Å². The monoisotopic (exact) mass is 212 g/mol. The van der Waals surface area contributed by atoms with Crippen LogP contribution in [0.15, 0.2) is 24.3 Å². The molecule has 2 N–H and O–H groups in total. The number of esters is 1. The van der Waals surface area contributed by atoms with Crippen LogP contribution in [0.4, 0.5) is 0 Å². The van der Waals surface area contributed by atoms with E-state index < -0.39 is 17.7 Å². The van der Waals surface area contributed by atoms with Crippen molar-refractivity contribution in [3.8, 4) is 0 Å². The van der Waals surface area contributed by atoms with E-state index in [1.165, 1.54) is 13.2 Å². The first-order chi connectivity index (χ1) is 6.98. The van der Waals surface area contributed by atoms with Gasteiger partial charge in [-0.3, -0.25) is 4.79 Å². The number of aliphatic hydroxyl groups excluding tert-OH is 1. The Morgan fingerprint density at radius 1 is 1.73 bits per heavy atom. The van der Waals surface area contributed by atoms with Crippen LogP contribution in [0.3, 0.4) is 0 Å². The molecule has 0 bridgehead atoms. The highest BCUT2D eigenvalue weighted by Gasteiger charge is 2.34. The van der Waals surface area contributed by atoms with Crippen molar-refractivity contribution < 1.29 is 24.5 Å². The Balaban J connectivity index is 2.82. The molecule has 5 nitrogen and oxygen atoms in total. The highest BCUT2D eigenvalue weighted by molar-refractivity contribution is 5.91. The van der Waals surface area contributed by atoms with E-state index in [1.807, 2.05) is 0 Å². The molecule has 0 aromatic rings. The Bertz CT molecular complexity index is 331. The Labute approximate surface area is 86.7 Å². The number of carbonyl (C=O) groups is 2. The molecule has 1 rings (SSSR count). The Morgan fingerprint density at radius 2 is 2.40 bits per heavy atom. The maximum absolute atomic E-state index is 10.9. The van der Waals surface area contributed by atoms with Crippen LogP contribution in [-0.4, -0.2) is 40.8 Å². The number of carbonyl (C=O) groups excluding carboxylic acids is 2. The molecule has 0 heterocycles. The van der Waals surface area contributed by atoms with Crippen LogP contribution in [0.25, 0.3) is 0 Å². The molecule has 0 saturated carbocycles. The third-order valence-electron chi connectivity index (χ3n) is 2.15. The van der Waals surface area contributed by atoms with E-state index in [4.69, 9.17) is 0 Å². The van der Waals surface area contributed by atoms with Crippen LogP contribution < -0.4 is 0 Å². The molecule has 15 heavy (non-hydrogen) atoms. The number of methoxy groups -OCH3 is 1. The fraction of sp³-hybridized carbons (Fsp3) is 0.400. The Morgan fingerprint density at radius 3 is 2.93 bits per heavy atom. The molecule has 0 aromatic heterocycles. The molecular weight excluding hydrogens is 200 g/mol. The summed E-state index contributed by atoms with van der Waals surface area (Å²) in [5, 5.41) is 19.3. The summed E-state index contributed by atoms with van der Waals surface area (Å²) in [6, 6.07) is 0. The average Bonchev–Trinajstić information content (AvgIpc) is 2.21. The first-order valence-electron chi connectivity index (χ1n) is 4.37. The molecule has 0 aliphatic heterocycles. The quantitative estimate of drug-likeness (QED) is 0.469. The number of hydrogen-bond acceptors (Lipinski definition) is 5. The molecule has 0 amide bonds. The summed E-state index contributed by atoms with van der Waals surface area (Å²) in [6.07, 6.45) is 3.03. The molecule has 0 fully saturated rings. The zero-order valence-corrected chi connectivity index (χ0v) is 8.21. The third kappa shape index (κ3) is 2.74. The van der Waals surface area contributed by atoms with E-state index in [0.29, 0.717) is 0 Å². The molecule has 1 aliphatic rings. The fourth-order valence-corrected chi connectivity index (χ4v) is 1.20. The number of rotatable bonds is 2. The summed E-state index contributed by atoms with van der Waals surface area (Å²) in [7, 11) is 1.20. The van der Waals surface area contributed by atoms with Crippen molar-refractivity contribution in [2.45, 2.75) is 18.1 Å². The molecule has 82 valence electrons. The van der Waals surface area contributed by atoms with Gasteiger partial charge in [-0.1, -0.05) is 0 Å². The van der Waals surface area contributed by atoms with Gasteiger partial charge < -0.3 is 14.9 Å². The molecule has 2 unspecified atom stereocenters. The van der Waals surface area contributed by atoms with Gasteiger partial charge in [0.25, 0.3) is 0 Å². The second kappa shape index (κ2) is 4.37. The van der Waals surface area contributed by atoms with Gasteiger partial charge in [0.15, 0.2) is 5.78 Å². The lowest BCUT2D eigenvalue weighted by Gasteiger charge is -2.28. The second-order valence-electron chi connectivity index (χ2n) is 3.26. The van der Waals surface area contributed by atoms with Crippen molar-refractivity contribution in [1.29, 1.82) is 0 Å². The molecule has 1 aliphatic carbocycles. The van der Waals surface area contributed by atoms with Gasteiger partial charge in [0.05, 0.1) is 13.2 Å². The predicted octanol–water partition coefficient (Wildman–Crippen LogP) is -0.663. The van der Waals surface area contributed by atoms with Gasteiger partial charge in [0, 0.05) is 12.5 Å². The first kappa shape index (κ1) is 11.6. The highest BCUT2D eigenvalue weighted by atomic mass is 16.5. The van der Waals surface area contributed by atoms with Gasteiger partial charge in [-0.25, -0.2) is 4.79 Å². The SMILES string of the molecule is COC(=O)/C=C/C1(O)C=CC(=O)CC1O. The second-order valence-corrected chi connectivity index (χ2v) is 3.26. The standard InChI is InChI=1S/C10H12O5/c1-15-9(13)3-5-10(14)4-2-7(11)6-8(10)12/h2-5,8,12,14H,6H2,1H3/b5-3+. The van der Waals surface area contributed by atoms with Gasteiger partial charge in [-0.2, -0.15) is 0 Å². The van der Waals surface area contributed by atoms with Gasteiger partial charge >= 0.3 is 5.97 Å². The Kier molecular flexibility index (Phi) is 3.39. The van der Waals surface area contributed by atoms with Crippen molar-refractivity contribution in [3.63, 3.8) is 0 Å². The predicted molar refractivity (Wildman–Crippen MR) is 50.9 cm³/mol. The molecule has 2 atom stereocenters. The van der Waals surface area contributed by atoms with Crippen molar-refractivity contribution >= 4 is 11.8 Å². The minimum Gasteiger partial charge on any atom is -0.466 e. The zero-order valence-electron chi connectivity index (χ0n) is 8.21. The van der Waals surface area contributed by atoms with Crippen LogP contribution in [-0.2, 0) is 14.3 Å². The van der Waals surface area contributed by atoms with E-state index in [1.54, 1.807) is 0 Å². The lowest BCUT2D eigenvalue weighted by molar-refractivity contribution is -0.135. The minimum atomic E-state index is -1.68. The maximum Gasteiger partial charge on any atom is 0.330 e. The summed E-state index contributed by atoms with van der Waals surface area (Å²) in [5.74, 6) is -0.903. The average molecular weight is 212 g/mol. The summed E-state index contributed by atoms with van der Waals surface area (Å²) in [6.45, 7) is 0. The van der Waals surface area contributed by atoms with E-state index >= 15 is 0 Å². The molecule has 0 aromatic carbocycles. The van der Waals surface area contributed by atoms with Crippen molar-refractivity contribution in [3.05, 3.63) is 24.3 Å². The van der Waals surface area contributed by atoms with E-state index in [0.717, 1.165) is 18.2 Å². The van der Waals surface area contributed by atoms with Crippen LogP contribution in [0.2, 0.25) is 0 Å². The first-order valence-corrected chi connectivity index (χ1v) is 4.37. The van der Waals surface area contributed by atoms with Crippen LogP contribution in [0, 0.1) is 0 Å². The van der Waals surface area contributed by atoms with Gasteiger partial charge in [-0.05, 0) is 18.2 Å². The topological polar surface area (TPSA) is 83.8 Å². The summed E-state index contributed by atoms with van der Waals surface area (Å²) < 4.78 is 4.33. The maximum atomic E-state index is 10.9. The normalized spacial score (nSPS) is 30.9. The van der Waals surface area contributed by atoms with Gasteiger partial charge in [0.2, 0.25) is 0 Å². The van der Waals surface area contributed by atoms with Crippen LogP contribution in [0.5, 0.6) is 0 Å². The molecule has 5 heteroatoms. The largest absolute Gasteiger partial charge is 0.466 e. The zero-order chi connectivity index (χ0) is 11.5. The van der Waals surface area contributed by atoms with E-state index in [2.05, 4.69) is 4.74 Å². The van der Waals surface area contributed by atoms with E-state index in [9.17, 15) is 19.8 Å². The summed E-state index contributed by atoms with van der Waals surface area (Å²) >= 11 is 0. The lowest BCUT2D eigenvalue weighted by Crippen LogP contribution is -2.42. The van der Waals surface area contributed by atoms with Gasteiger partial charge in [0.1, 0.15) is 5.60 Å². The smallest absolute Gasteiger partial charge is 0.330 e. The lowest BCUT2D eigenvalue weighted by atomic mass is 9.87. The molecule has 0 spiro atoms. The third-order valence-corrected chi connectivity index (χ3v) is 2.15. The number of hydrogen-bond donors (Lipinski definition) is 2. The molecule has 0 radical (unpaired) electrons. The fourth-order valence-electron chi connectivity index (χ4n) is 1.20. The van der Waals surface area contributed by atoms with Crippen LogP contribution in [0.1, 0.15) is 6.42 Å². The number of allylic oxidation sites excluding steroid dienone is 1. The summed E-state index contributed by atoms with van der Waals surface area (Å²) in [5.41, 5.74) is -1.68. The number of ketones is 1.